The third kappa shape index (κ3) is 1.01. The minimum atomic E-state index is -1.09. The summed E-state index contributed by atoms with van der Waals surface area (Å²) in [7, 11) is 0. The number of pyridine rings is 1. The molecule has 5 nitrogen and oxygen atoms in total. The number of furan rings is 1. The molecular formula is C8H6N2O3. The van der Waals surface area contributed by atoms with E-state index in [1.165, 1.54) is 12.5 Å². The highest BCUT2D eigenvalue weighted by molar-refractivity contribution is 6.01. The molecule has 0 saturated heterocycles. The van der Waals surface area contributed by atoms with Gasteiger partial charge in [0.1, 0.15) is 5.56 Å². The maximum Gasteiger partial charge on any atom is 0.339 e. The second-order valence-electron chi connectivity index (χ2n) is 2.53. The third-order valence-corrected chi connectivity index (χ3v) is 1.77. The number of aromatic carboxylic acids is 1. The fourth-order valence-electron chi connectivity index (χ4n) is 1.11. The van der Waals surface area contributed by atoms with E-state index in [4.69, 9.17) is 15.3 Å². The number of fused-ring (bicyclic) bond motifs is 1. The molecule has 0 aliphatic rings. The molecule has 0 spiro atoms. The second-order valence-corrected chi connectivity index (χ2v) is 2.53. The average molecular weight is 178 g/mol. The highest BCUT2D eigenvalue weighted by Crippen LogP contribution is 2.23. The van der Waals surface area contributed by atoms with Crippen molar-refractivity contribution >= 4 is 22.8 Å². The van der Waals surface area contributed by atoms with Gasteiger partial charge in [0.15, 0.2) is 0 Å². The average Bonchev–Trinajstić information content (AvgIpc) is 2.52. The van der Waals surface area contributed by atoms with Crippen LogP contribution in [-0.4, -0.2) is 16.1 Å². The smallest absolute Gasteiger partial charge is 0.339 e. The standard InChI is InChI=1S/C8H6N2O3/c9-6-4-1-2-13-7(4)10-3-5(6)8(11)12/h1-3H,(H2,9,10)(H,11,12). The minimum absolute atomic E-state index is 0.00565. The van der Waals surface area contributed by atoms with Crippen molar-refractivity contribution in [3.05, 3.63) is 24.1 Å². The number of nitrogens with zero attached hydrogens (tertiary/aromatic N) is 1. The molecule has 2 aromatic rings. The predicted molar refractivity (Wildman–Crippen MR) is 45.4 cm³/mol. The Morgan fingerprint density at radius 3 is 3.08 bits per heavy atom. The molecule has 2 heterocycles. The largest absolute Gasteiger partial charge is 0.478 e. The van der Waals surface area contributed by atoms with Crippen LogP contribution in [0.5, 0.6) is 0 Å². The van der Waals surface area contributed by atoms with Gasteiger partial charge in [0.2, 0.25) is 5.71 Å². The van der Waals surface area contributed by atoms with Crippen LogP contribution in [-0.2, 0) is 0 Å². The number of rotatable bonds is 1. The Hall–Kier alpha value is -2.04. The zero-order valence-electron chi connectivity index (χ0n) is 6.52. The van der Waals surface area contributed by atoms with Crippen molar-refractivity contribution in [1.29, 1.82) is 0 Å². The Labute approximate surface area is 72.8 Å². The van der Waals surface area contributed by atoms with Crippen molar-refractivity contribution in [2.75, 3.05) is 5.73 Å². The number of aromatic nitrogens is 1. The van der Waals surface area contributed by atoms with Crippen LogP contribution in [0.25, 0.3) is 11.1 Å². The lowest BCUT2D eigenvalue weighted by molar-refractivity contribution is 0.0698. The summed E-state index contributed by atoms with van der Waals surface area (Å²) < 4.78 is 4.95. The summed E-state index contributed by atoms with van der Waals surface area (Å²) in [6.07, 6.45) is 2.60. The molecule has 0 aromatic carbocycles. The molecule has 0 unspecified atom stereocenters. The van der Waals surface area contributed by atoms with E-state index in [1.807, 2.05) is 0 Å². The summed E-state index contributed by atoms with van der Waals surface area (Å²) in [5.74, 6) is -1.09. The van der Waals surface area contributed by atoms with E-state index in [-0.39, 0.29) is 11.3 Å². The molecule has 2 aromatic heterocycles. The number of nitrogens with two attached hydrogens (primary N) is 1. The first-order valence-corrected chi connectivity index (χ1v) is 3.55. The van der Waals surface area contributed by atoms with E-state index < -0.39 is 5.97 Å². The Bertz CT molecular complexity index is 475. The van der Waals surface area contributed by atoms with Crippen LogP contribution in [0.3, 0.4) is 0 Å². The van der Waals surface area contributed by atoms with Gasteiger partial charge in [0.25, 0.3) is 0 Å². The van der Waals surface area contributed by atoms with Crippen LogP contribution in [0, 0.1) is 0 Å². The molecule has 2 rings (SSSR count). The van der Waals surface area contributed by atoms with Gasteiger partial charge in [-0.2, -0.15) is 0 Å². The van der Waals surface area contributed by atoms with Gasteiger partial charge in [0, 0.05) is 6.20 Å². The van der Waals surface area contributed by atoms with Gasteiger partial charge in [0.05, 0.1) is 17.3 Å². The first-order valence-electron chi connectivity index (χ1n) is 3.55. The fraction of sp³-hybridized carbons (Fsp3) is 0. The first-order chi connectivity index (χ1) is 6.20. The number of carboxylic acid groups (broad SMARTS) is 1. The van der Waals surface area contributed by atoms with Crippen molar-refractivity contribution in [2.45, 2.75) is 0 Å². The summed E-state index contributed by atoms with van der Waals surface area (Å²) in [4.78, 5) is 14.4. The molecule has 0 saturated carbocycles. The molecule has 5 heteroatoms. The molecule has 0 bridgehead atoms. The van der Waals surface area contributed by atoms with Crippen molar-refractivity contribution < 1.29 is 14.3 Å². The highest BCUT2D eigenvalue weighted by Gasteiger charge is 2.12. The lowest BCUT2D eigenvalue weighted by Gasteiger charge is -1.99. The Morgan fingerprint density at radius 1 is 1.62 bits per heavy atom. The lowest BCUT2D eigenvalue weighted by atomic mass is 10.2. The van der Waals surface area contributed by atoms with Crippen molar-refractivity contribution in [3.8, 4) is 0 Å². The molecule has 0 aliphatic heterocycles. The maximum absolute atomic E-state index is 10.6. The summed E-state index contributed by atoms with van der Waals surface area (Å²) in [5, 5.41) is 9.24. The lowest BCUT2D eigenvalue weighted by Crippen LogP contribution is -2.03. The zero-order chi connectivity index (χ0) is 9.42. The molecule has 3 N–H and O–H groups in total. The van der Waals surface area contributed by atoms with Crippen LogP contribution >= 0.6 is 0 Å². The number of nitrogen functional groups attached to an aromatic ring is 1. The van der Waals surface area contributed by atoms with Gasteiger partial charge in [-0.25, -0.2) is 9.78 Å². The Kier molecular flexibility index (Phi) is 1.45. The monoisotopic (exact) mass is 178 g/mol. The molecule has 0 fully saturated rings. The number of hydrogen-bond donors (Lipinski definition) is 2. The molecule has 0 amide bonds. The van der Waals surface area contributed by atoms with Gasteiger partial charge in [-0.1, -0.05) is 0 Å². The molecule has 13 heavy (non-hydrogen) atoms. The predicted octanol–water partition coefficient (Wildman–Crippen LogP) is 1.11. The first kappa shape index (κ1) is 7.60. The van der Waals surface area contributed by atoms with E-state index in [2.05, 4.69) is 4.98 Å². The van der Waals surface area contributed by atoms with E-state index in [0.29, 0.717) is 11.1 Å². The van der Waals surface area contributed by atoms with Crippen LogP contribution in [0.4, 0.5) is 5.69 Å². The topological polar surface area (TPSA) is 89.4 Å². The number of anilines is 1. The molecular weight excluding hydrogens is 172 g/mol. The van der Waals surface area contributed by atoms with E-state index in [0.717, 1.165) is 0 Å². The van der Waals surface area contributed by atoms with Crippen LogP contribution in [0.2, 0.25) is 0 Å². The summed E-state index contributed by atoms with van der Waals surface area (Å²) >= 11 is 0. The third-order valence-electron chi connectivity index (χ3n) is 1.77. The Morgan fingerprint density at radius 2 is 2.38 bits per heavy atom. The summed E-state index contributed by atoms with van der Waals surface area (Å²) in [5.41, 5.74) is 6.11. The van der Waals surface area contributed by atoms with Gasteiger partial charge in [-0.05, 0) is 6.07 Å². The van der Waals surface area contributed by atoms with Gasteiger partial charge in [-0.3, -0.25) is 0 Å². The zero-order valence-corrected chi connectivity index (χ0v) is 6.52. The van der Waals surface area contributed by atoms with Gasteiger partial charge < -0.3 is 15.3 Å². The molecule has 0 radical (unpaired) electrons. The molecule has 0 aliphatic carbocycles. The van der Waals surface area contributed by atoms with E-state index in [1.54, 1.807) is 6.07 Å². The molecule has 66 valence electrons. The van der Waals surface area contributed by atoms with Gasteiger partial charge >= 0.3 is 5.97 Å². The minimum Gasteiger partial charge on any atom is -0.478 e. The van der Waals surface area contributed by atoms with Crippen molar-refractivity contribution in [3.63, 3.8) is 0 Å². The molecule has 0 atom stereocenters. The highest BCUT2D eigenvalue weighted by atomic mass is 16.4. The van der Waals surface area contributed by atoms with Crippen molar-refractivity contribution in [2.24, 2.45) is 0 Å². The number of carboxylic acids is 1. The summed E-state index contributed by atoms with van der Waals surface area (Å²) in [6, 6.07) is 1.59. The van der Waals surface area contributed by atoms with Gasteiger partial charge in [-0.15, -0.1) is 0 Å². The Balaban J connectivity index is 2.80. The van der Waals surface area contributed by atoms with E-state index >= 15 is 0 Å². The second kappa shape index (κ2) is 2.48. The van der Waals surface area contributed by atoms with Crippen molar-refractivity contribution in [1.82, 2.24) is 4.98 Å². The quantitative estimate of drug-likeness (QED) is 0.682. The van der Waals surface area contributed by atoms with Crippen LogP contribution < -0.4 is 5.73 Å². The SMILES string of the molecule is Nc1c(C(=O)O)cnc2occc12. The maximum atomic E-state index is 10.6. The van der Waals surface area contributed by atoms with Crippen LogP contribution in [0.1, 0.15) is 10.4 Å². The number of carbonyl (C=O) groups is 1. The fourth-order valence-corrected chi connectivity index (χ4v) is 1.11. The summed E-state index contributed by atoms with van der Waals surface area (Å²) in [6.45, 7) is 0. The number of hydrogen-bond acceptors (Lipinski definition) is 4. The normalized spacial score (nSPS) is 10.5. The van der Waals surface area contributed by atoms with E-state index in [9.17, 15) is 4.79 Å². The van der Waals surface area contributed by atoms with Crippen LogP contribution in [0.15, 0.2) is 22.9 Å².